The molecule has 0 aromatic heterocycles. The van der Waals surface area contributed by atoms with Gasteiger partial charge in [0.2, 0.25) is 0 Å². The van der Waals surface area contributed by atoms with Gasteiger partial charge in [0.05, 0.1) is 0 Å². The average molecular weight is 542 g/mol. The molecule has 3 unspecified atom stereocenters. The van der Waals surface area contributed by atoms with E-state index in [4.69, 9.17) is 5.10 Å². The lowest BCUT2D eigenvalue weighted by atomic mass is 9.94. The minimum atomic E-state index is -0.220. The number of amides is 1. The second-order valence-corrected chi connectivity index (χ2v) is 10.1. The van der Waals surface area contributed by atoms with E-state index in [2.05, 4.69) is 34.4 Å². The highest BCUT2D eigenvalue weighted by molar-refractivity contribution is 6.45. The Balaban J connectivity index is 0.00000196. The van der Waals surface area contributed by atoms with Gasteiger partial charge in [-0.25, -0.2) is 4.39 Å². The van der Waals surface area contributed by atoms with Gasteiger partial charge in [-0.3, -0.25) is 19.6 Å². The molecule has 4 aliphatic rings. The zero-order valence-electron chi connectivity index (χ0n) is 23.4. The number of carbonyl (C=O) groups is 2. The van der Waals surface area contributed by atoms with Crippen LogP contribution in [-0.4, -0.2) is 48.4 Å². The molecule has 2 heterocycles. The molecule has 1 amide bonds. The molecule has 1 saturated carbocycles. The number of ketones is 1. The predicted molar refractivity (Wildman–Crippen MR) is 161 cm³/mol. The summed E-state index contributed by atoms with van der Waals surface area (Å²) in [6.45, 7) is 12.0. The third-order valence-corrected chi connectivity index (χ3v) is 7.63. The van der Waals surface area contributed by atoms with Crippen LogP contribution in [-0.2, 0) is 9.59 Å². The lowest BCUT2D eigenvalue weighted by Crippen LogP contribution is -2.44. The summed E-state index contributed by atoms with van der Waals surface area (Å²) in [5.41, 5.74) is 3.71. The van der Waals surface area contributed by atoms with Crippen LogP contribution in [0.4, 0.5) is 4.39 Å². The smallest absolute Gasteiger partial charge is 0.271 e. The van der Waals surface area contributed by atoms with Crippen molar-refractivity contribution in [3.05, 3.63) is 59.8 Å². The summed E-state index contributed by atoms with van der Waals surface area (Å²) < 4.78 is 13.8. The summed E-state index contributed by atoms with van der Waals surface area (Å²) in [7, 11) is 1.84. The lowest BCUT2D eigenvalue weighted by molar-refractivity contribution is -0.119. The monoisotopic (exact) mass is 541 g/mol. The Hall–Kier alpha value is -3.29. The van der Waals surface area contributed by atoms with Crippen molar-refractivity contribution >= 4 is 23.1 Å². The Labute approximate surface area is 235 Å². The summed E-state index contributed by atoms with van der Waals surface area (Å²) in [6.07, 6.45) is 14.2. The summed E-state index contributed by atoms with van der Waals surface area (Å²) in [6, 6.07) is 0. The number of aliphatic imine (C=N–C) groups is 1. The van der Waals surface area contributed by atoms with Crippen molar-refractivity contribution in [1.29, 1.82) is 0 Å². The first kappa shape index (κ1) is 31.9. The van der Waals surface area contributed by atoms with Gasteiger partial charge in [0.15, 0.2) is 5.71 Å². The number of nitrogens with zero attached hydrogens (tertiary/aromatic N) is 3. The van der Waals surface area contributed by atoms with Crippen LogP contribution < -0.4 is 10.6 Å². The molecule has 2 N–H and O–H groups in total. The molecular formula is C31H48FN5O2. The van der Waals surface area contributed by atoms with Crippen LogP contribution in [0, 0.1) is 17.3 Å². The third-order valence-electron chi connectivity index (χ3n) is 7.63. The fraction of sp³-hybridized carbons (Fsp3) is 0.548. The summed E-state index contributed by atoms with van der Waals surface area (Å²) in [5, 5.41) is 12.8. The second kappa shape index (κ2) is 14.2. The third kappa shape index (κ3) is 7.43. The van der Waals surface area contributed by atoms with Crippen LogP contribution in [0.15, 0.2) is 69.8 Å². The van der Waals surface area contributed by atoms with Crippen molar-refractivity contribution in [3.8, 4) is 0 Å². The van der Waals surface area contributed by atoms with E-state index in [0.717, 1.165) is 49.1 Å². The van der Waals surface area contributed by atoms with E-state index in [1.165, 1.54) is 6.08 Å². The molecule has 0 spiro atoms. The van der Waals surface area contributed by atoms with Gasteiger partial charge in [0, 0.05) is 44.2 Å². The molecule has 39 heavy (non-hydrogen) atoms. The minimum Gasteiger partial charge on any atom is -0.367 e. The average Bonchev–Trinajstić information content (AvgIpc) is 3.65. The lowest BCUT2D eigenvalue weighted by Gasteiger charge is -2.31. The van der Waals surface area contributed by atoms with Gasteiger partial charge >= 0.3 is 0 Å². The number of hydrazone groups is 1. The molecule has 7 nitrogen and oxygen atoms in total. The molecule has 216 valence electrons. The first-order chi connectivity index (χ1) is 18.3. The first-order valence-electron chi connectivity index (χ1n) is 13.7. The van der Waals surface area contributed by atoms with E-state index in [9.17, 15) is 14.0 Å². The largest absolute Gasteiger partial charge is 0.367 e. The fourth-order valence-corrected chi connectivity index (χ4v) is 5.29. The standard InChI is InChI=1S/C28H36FN5O2.C2H6.CH4.H2/c1-5-20(19(3)35)10-8-6-7-9-11-21-14-24-26(34(4)33-21)25(32-17-31-24)27(36)30-16-28-13-12-23(29)18(2)22(28)15-28;1-2;;/h5-7,12-13,20,22,31H,1,8-11,14-17H2,2-4H3,(H,30,36);1-2H3;1H4;1H/b7-6+;;;. The topological polar surface area (TPSA) is 86.2 Å². The highest BCUT2D eigenvalue weighted by atomic mass is 19.1. The van der Waals surface area contributed by atoms with Gasteiger partial charge in [0.25, 0.3) is 5.91 Å². The number of rotatable bonds is 11. The van der Waals surface area contributed by atoms with Crippen LogP contribution in [0.1, 0.15) is 75.1 Å². The Bertz CT molecular complexity index is 1140. The molecule has 0 bridgehead atoms. The van der Waals surface area contributed by atoms with Crippen molar-refractivity contribution in [2.75, 3.05) is 20.3 Å². The maximum Gasteiger partial charge on any atom is 0.271 e. The van der Waals surface area contributed by atoms with Crippen LogP contribution in [0.5, 0.6) is 0 Å². The first-order valence-corrected chi connectivity index (χ1v) is 13.7. The number of hydrogen-bond donors (Lipinski definition) is 2. The SMILES string of the molecule is C.C=CC(CC/C=C/CCC1=NN(C)C2=C(C1)NCN=C2C(=O)NCC12C=CC(F)=C(C)C1C2)C(C)=O.CC.[HH]. The number of hydrogen-bond acceptors (Lipinski definition) is 6. The van der Waals surface area contributed by atoms with Gasteiger partial charge < -0.3 is 10.6 Å². The normalized spacial score (nSPS) is 23.7. The molecule has 2 aliphatic carbocycles. The highest BCUT2D eigenvalue weighted by Gasteiger charge is 2.55. The number of allylic oxidation sites excluding steroid dienone is 7. The van der Waals surface area contributed by atoms with Crippen LogP contribution in [0.2, 0.25) is 0 Å². The van der Waals surface area contributed by atoms with Crippen molar-refractivity contribution in [1.82, 2.24) is 15.6 Å². The van der Waals surface area contributed by atoms with E-state index in [0.29, 0.717) is 31.0 Å². The highest BCUT2D eigenvalue weighted by Crippen LogP contribution is 2.60. The Morgan fingerprint density at radius 1 is 1.36 bits per heavy atom. The number of fused-ring (bicyclic) bond motifs is 1. The van der Waals surface area contributed by atoms with E-state index >= 15 is 0 Å². The van der Waals surface area contributed by atoms with E-state index in [1.807, 2.05) is 33.9 Å². The van der Waals surface area contributed by atoms with Crippen molar-refractivity contribution in [2.45, 2.75) is 73.6 Å². The zero-order valence-corrected chi connectivity index (χ0v) is 23.4. The Morgan fingerprint density at radius 2 is 2.08 bits per heavy atom. The number of nitrogens with one attached hydrogen (secondary N) is 2. The Kier molecular flexibility index (Phi) is 11.6. The maximum atomic E-state index is 13.8. The molecule has 0 radical (unpaired) electrons. The van der Waals surface area contributed by atoms with Crippen molar-refractivity contribution in [3.63, 3.8) is 0 Å². The molecule has 4 rings (SSSR count). The second-order valence-electron chi connectivity index (χ2n) is 10.1. The van der Waals surface area contributed by atoms with Crippen molar-refractivity contribution < 1.29 is 15.4 Å². The summed E-state index contributed by atoms with van der Waals surface area (Å²) in [4.78, 5) is 29.0. The quantitative estimate of drug-likeness (QED) is 0.303. The van der Waals surface area contributed by atoms with Crippen molar-refractivity contribution in [2.24, 2.45) is 27.3 Å². The minimum absolute atomic E-state index is 0. The van der Waals surface area contributed by atoms with Gasteiger partial charge in [-0.2, -0.15) is 5.10 Å². The maximum absolute atomic E-state index is 13.8. The molecule has 0 aromatic carbocycles. The molecule has 1 fully saturated rings. The zero-order chi connectivity index (χ0) is 27.9. The predicted octanol–water partition coefficient (Wildman–Crippen LogP) is 6.24. The molecule has 8 heteroatoms. The Morgan fingerprint density at radius 3 is 2.77 bits per heavy atom. The summed E-state index contributed by atoms with van der Waals surface area (Å²) >= 11 is 0. The molecule has 0 aromatic rings. The fourth-order valence-electron chi connectivity index (χ4n) is 5.29. The molecule has 3 atom stereocenters. The number of halogens is 1. The van der Waals surface area contributed by atoms with Crippen LogP contribution in [0.3, 0.4) is 0 Å². The number of Topliss-reactive ketones (excluding diaryl/α,β-unsaturated/α-hetero) is 1. The molecular weight excluding hydrogens is 493 g/mol. The van der Waals surface area contributed by atoms with E-state index < -0.39 is 0 Å². The van der Waals surface area contributed by atoms with Gasteiger partial charge in [-0.05, 0) is 63.5 Å². The summed E-state index contributed by atoms with van der Waals surface area (Å²) in [5.74, 6) is -0.122. The van der Waals surface area contributed by atoms with Gasteiger partial charge in [-0.15, -0.1) is 6.58 Å². The van der Waals surface area contributed by atoms with E-state index in [1.54, 1.807) is 18.0 Å². The van der Waals surface area contributed by atoms with E-state index in [-0.39, 0.29) is 43.6 Å². The molecule has 2 aliphatic heterocycles. The molecule has 0 saturated heterocycles. The van der Waals surface area contributed by atoms with Gasteiger partial charge in [0.1, 0.15) is 24.0 Å². The van der Waals surface area contributed by atoms with Crippen LogP contribution >= 0.6 is 0 Å². The van der Waals surface area contributed by atoms with Crippen LogP contribution in [0.25, 0.3) is 0 Å². The number of carbonyl (C=O) groups excluding carboxylic acids is 2. The van der Waals surface area contributed by atoms with Gasteiger partial charge in [-0.1, -0.05) is 45.6 Å².